The number of alkyl halides is 3. The van der Waals surface area contributed by atoms with Gasteiger partial charge in [-0.2, -0.15) is 13.2 Å². The molecule has 0 unspecified atom stereocenters. The summed E-state index contributed by atoms with van der Waals surface area (Å²) in [5.41, 5.74) is 0.231. The first-order chi connectivity index (χ1) is 16.1. The van der Waals surface area contributed by atoms with Crippen LogP contribution >= 0.6 is 0 Å². The van der Waals surface area contributed by atoms with Gasteiger partial charge in [0.2, 0.25) is 11.8 Å². The second-order valence-electron chi connectivity index (χ2n) is 8.50. The van der Waals surface area contributed by atoms with E-state index in [0.29, 0.717) is 18.4 Å². The van der Waals surface area contributed by atoms with Gasteiger partial charge in [-0.05, 0) is 54.3 Å². The van der Waals surface area contributed by atoms with Gasteiger partial charge in [-0.1, -0.05) is 18.2 Å². The highest BCUT2D eigenvalue weighted by Gasteiger charge is 2.51. The molecule has 2 aromatic carbocycles. The SMILES string of the molecule is CNC(=O)c1ccc2c(c1)C1(CCN(C(=O)/C=C/c3ccccc3C(F)(F)F)CC1)C(=O)N2C. The van der Waals surface area contributed by atoms with Crippen molar-refractivity contribution in [3.05, 3.63) is 70.8 Å². The normalized spacial score (nSPS) is 17.4. The predicted octanol–water partition coefficient (Wildman–Crippen LogP) is 3.62. The lowest BCUT2D eigenvalue weighted by Gasteiger charge is -2.38. The van der Waals surface area contributed by atoms with Gasteiger partial charge < -0.3 is 15.1 Å². The van der Waals surface area contributed by atoms with Crippen LogP contribution in [0, 0.1) is 0 Å². The fourth-order valence-corrected chi connectivity index (χ4v) is 4.80. The Balaban J connectivity index is 1.53. The van der Waals surface area contributed by atoms with Crippen LogP contribution in [0.25, 0.3) is 6.08 Å². The van der Waals surface area contributed by atoms with Crippen molar-refractivity contribution >= 4 is 29.5 Å². The topological polar surface area (TPSA) is 69.7 Å². The maximum absolute atomic E-state index is 13.2. The molecular formula is C25H24F3N3O3. The molecule has 6 nitrogen and oxygen atoms in total. The van der Waals surface area contributed by atoms with E-state index >= 15 is 0 Å². The largest absolute Gasteiger partial charge is 0.416 e. The number of amides is 3. The molecule has 34 heavy (non-hydrogen) atoms. The Morgan fingerprint density at radius 2 is 1.76 bits per heavy atom. The molecule has 0 aliphatic carbocycles. The van der Waals surface area contributed by atoms with Crippen LogP contribution in [0.2, 0.25) is 0 Å². The second kappa shape index (κ2) is 8.62. The molecule has 0 bridgehead atoms. The summed E-state index contributed by atoms with van der Waals surface area (Å²) in [6, 6.07) is 10.2. The van der Waals surface area contributed by atoms with E-state index in [1.165, 1.54) is 36.2 Å². The van der Waals surface area contributed by atoms with Crippen LogP contribution in [0.3, 0.4) is 0 Å². The fraction of sp³-hybridized carbons (Fsp3) is 0.320. The smallest absolute Gasteiger partial charge is 0.355 e. The number of carbonyl (C=O) groups excluding carboxylic acids is 3. The Kier molecular flexibility index (Phi) is 5.97. The number of nitrogens with zero attached hydrogens (tertiary/aromatic N) is 2. The van der Waals surface area contributed by atoms with Crippen LogP contribution in [0.15, 0.2) is 48.5 Å². The molecule has 2 aliphatic heterocycles. The number of nitrogens with one attached hydrogen (secondary N) is 1. The first-order valence-electron chi connectivity index (χ1n) is 10.9. The zero-order valence-electron chi connectivity index (χ0n) is 18.8. The maximum Gasteiger partial charge on any atom is 0.416 e. The van der Waals surface area contributed by atoms with E-state index in [2.05, 4.69) is 5.32 Å². The van der Waals surface area contributed by atoms with Crippen molar-refractivity contribution in [1.29, 1.82) is 0 Å². The van der Waals surface area contributed by atoms with E-state index in [9.17, 15) is 27.6 Å². The summed E-state index contributed by atoms with van der Waals surface area (Å²) in [4.78, 5) is 41.2. The summed E-state index contributed by atoms with van der Waals surface area (Å²) in [5, 5.41) is 2.58. The quantitative estimate of drug-likeness (QED) is 0.696. The van der Waals surface area contributed by atoms with Crippen molar-refractivity contribution in [3.8, 4) is 0 Å². The van der Waals surface area contributed by atoms with Gasteiger partial charge in [0, 0.05) is 44.5 Å². The zero-order chi connectivity index (χ0) is 24.7. The lowest BCUT2D eigenvalue weighted by molar-refractivity contribution is -0.137. The zero-order valence-corrected chi connectivity index (χ0v) is 18.8. The molecule has 0 atom stereocenters. The van der Waals surface area contributed by atoms with Crippen LogP contribution in [-0.2, 0) is 21.2 Å². The van der Waals surface area contributed by atoms with Crippen molar-refractivity contribution in [2.24, 2.45) is 0 Å². The third-order valence-electron chi connectivity index (χ3n) is 6.68. The van der Waals surface area contributed by atoms with E-state index in [1.54, 1.807) is 30.1 Å². The molecule has 178 valence electrons. The van der Waals surface area contributed by atoms with Crippen molar-refractivity contribution in [3.63, 3.8) is 0 Å². The second-order valence-corrected chi connectivity index (χ2v) is 8.50. The summed E-state index contributed by atoms with van der Waals surface area (Å²) in [6.07, 6.45) is -1.48. The van der Waals surface area contributed by atoms with E-state index in [-0.39, 0.29) is 30.5 Å². The predicted molar refractivity (Wildman–Crippen MR) is 121 cm³/mol. The molecule has 0 radical (unpaired) electrons. The van der Waals surface area contributed by atoms with Crippen molar-refractivity contribution in [2.75, 3.05) is 32.1 Å². The number of piperidine rings is 1. The van der Waals surface area contributed by atoms with Gasteiger partial charge in [0.15, 0.2) is 0 Å². The Labute approximate surface area is 195 Å². The van der Waals surface area contributed by atoms with Gasteiger partial charge in [-0.25, -0.2) is 0 Å². The minimum Gasteiger partial charge on any atom is -0.355 e. The maximum atomic E-state index is 13.2. The molecule has 1 saturated heterocycles. The van der Waals surface area contributed by atoms with Crippen molar-refractivity contribution in [1.82, 2.24) is 10.2 Å². The van der Waals surface area contributed by atoms with Gasteiger partial charge in [0.05, 0.1) is 11.0 Å². The monoisotopic (exact) mass is 471 g/mol. The number of hydrogen-bond donors (Lipinski definition) is 1. The number of carbonyl (C=O) groups is 3. The highest BCUT2D eigenvalue weighted by Crippen LogP contribution is 2.47. The highest BCUT2D eigenvalue weighted by molar-refractivity contribution is 6.09. The van der Waals surface area contributed by atoms with E-state index < -0.39 is 23.1 Å². The molecular weight excluding hydrogens is 447 g/mol. The molecule has 3 amide bonds. The molecule has 9 heteroatoms. The number of anilines is 1. The Morgan fingerprint density at radius 3 is 2.41 bits per heavy atom. The molecule has 0 saturated carbocycles. The van der Waals surface area contributed by atoms with Gasteiger partial charge in [-0.15, -0.1) is 0 Å². The first-order valence-corrected chi connectivity index (χ1v) is 10.9. The lowest BCUT2D eigenvalue weighted by atomic mass is 9.73. The van der Waals surface area contributed by atoms with Crippen LogP contribution in [0.1, 0.15) is 39.9 Å². The van der Waals surface area contributed by atoms with Crippen LogP contribution < -0.4 is 10.2 Å². The van der Waals surface area contributed by atoms with Crippen LogP contribution in [0.5, 0.6) is 0 Å². The Hall–Kier alpha value is -3.62. The number of hydrogen-bond acceptors (Lipinski definition) is 3. The molecule has 2 aromatic rings. The summed E-state index contributed by atoms with van der Waals surface area (Å²) >= 11 is 0. The minimum absolute atomic E-state index is 0.0833. The number of fused-ring (bicyclic) bond motifs is 2. The van der Waals surface area contributed by atoms with Gasteiger partial charge in [0.25, 0.3) is 5.91 Å². The summed E-state index contributed by atoms with van der Waals surface area (Å²) in [5.74, 6) is -0.750. The molecule has 1 spiro atoms. The average molecular weight is 471 g/mol. The van der Waals surface area contributed by atoms with Crippen molar-refractivity contribution in [2.45, 2.75) is 24.4 Å². The number of rotatable bonds is 3. The molecule has 0 aromatic heterocycles. The summed E-state index contributed by atoms with van der Waals surface area (Å²) < 4.78 is 39.6. The Bertz CT molecular complexity index is 1180. The number of halogens is 3. The first kappa shape index (κ1) is 23.5. The summed E-state index contributed by atoms with van der Waals surface area (Å²) in [7, 11) is 3.22. The third kappa shape index (κ3) is 3.95. The van der Waals surface area contributed by atoms with E-state index in [1.807, 2.05) is 0 Å². The average Bonchev–Trinajstić information content (AvgIpc) is 3.03. The number of likely N-dealkylation sites (N-methyl/N-ethyl adjacent to an activating group) is 1. The van der Waals surface area contributed by atoms with Gasteiger partial charge in [-0.3, -0.25) is 14.4 Å². The molecule has 1 N–H and O–H groups in total. The molecule has 4 rings (SSSR count). The number of likely N-dealkylation sites (tertiary alicyclic amines) is 1. The Morgan fingerprint density at radius 1 is 1.09 bits per heavy atom. The standard InChI is InChI=1S/C25H24F3N3O3/c1-29-22(33)17-7-9-20-19(15-17)24(23(34)30(20)2)11-13-31(14-12-24)21(32)10-8-16-5-3-4-6-18(16)25(26,27)28/h3-10,15H,11-14H2,1-2H3,(H,29,33)/b10-8+. The number of benzene rings is 2. The summed E-state index contributed by atoms with van der Waals surface area (Å²) in [6.45, 7) is 0.542. The van der Waals surface area contributed by atoms with E-state index in [0.717, 1.165) is 23.4 Å². The lowest BCUT2D eigenvalue weighted by Crippen LogP contribution is -2.49. The van der Waals surface area contributed by atoms with E-state index in [4.69, 9.17) is 0 Å². The van der Waals surface area contributed by atoms with Gasteiger partial charge >= 0.3 is 6.18 Å². The molecule has 2 heterocycles. The van der Waals surface area contributed by atoms with Crippen LogP contribution in [0.4, 0.5) is 18.9 Å². The van der Waals surface area contributed by atoms with Crippen LogP contribution in [-0.4, -0.2) is 49.8 Å². The fourth-order valence-electron chi connectivity index (χ4n) is 4.80. The van der Waals surface area contributed by atoms with Gasteiger partial charge in [0.1, 0.15) is 0 Å². The molecule has 1 fully saturated rings. The van der Waals surface area contributed by atoms with Crippen molar-refractivity contribution < 1.29 is 27.6 Å². The minimum atomic E-state index is -4.52. The third-order valence-corrected chi connectivity index (χ3v) is 6.68. The highest BCUT2D eigenvalue weighted by atomic mass is 19.4. The molecule has 2 aliphatic rings.